The van der Waals surface area contributed by atoms with Crippen molar-refractivity contribution in [3.8, 4) is 0 Å². The number of nitrogens with one attached hydrogen (secondary N) is 1. The molecule has 0 saturated carbocycles. The first kappa shape index (κ1) is 13.1. The van der Waals surface area contributed by atoms with Gasteiger partial charge in [0.15, 0.2) is 0 Å². The maximum atomic E-state index is 3.56. The summed E-state index contributed by atoms with van der Waals surface area (Å²) in [5.41, 5.74) is 1.99. The molecule has 0 bridgehead atoms. The molecule has 94 valence electrons. The first-order chi connectivity index (χ1) is 8.22. The molecule has 1 unspecified atom stereocenters. The Hall–Kier alpha value is -0.340. The first-order valence-electron chi connectivity index (χ1n) is 6.68. The van der Waals surface area contributed by atoms with Crippen LogP contribution >= 0.6 is 15.9 Å². The van der Waals surface area contributed by atoms with Crippen molar-refractivity contribution in [1.29, 1.82) is 0 Å². The topological polar surface area (TPSA) is 12.0 Å². The maximum Gasteiger partial charge on any atom is 0.0175 e. The third kappa shape index (κ3) is 2.58. The quantitative estimate of drug-likeness (QED) is 0.875. The molecule has 1 saturated heterocycles. The normalized spacial score (nSPS) is 23.6. The third-order valence-corrected chi connectivity index (χ3v) is 5.10. The van der Waals surface area contributed by atoms with Crippen molar-refractivity contribution >= 4 is 15.9 Å². The fourth-order valence-electron chi connectivity index (χ4n) is 3.24. The molecule has 1 fully saturated rings. The van der Waals surface area contributed by atoms with Gasteiger partial charge in [0.2, 0.25) is 0 Å². The van der Waals surface area contributed by atoms with Gasteiger partial charge in [-0.15, -0.1) is 0 Å². The van der Waals surface area contributed by atoms with Crippen LogP contribution in [0, 0.1) is 5.41 Å². The highest BCUT2D eigenvalue weighted by atomic mass is 79.9. The second-order valence-electron chi connectivity index (χ2n) is 5.13. The van der Waals surface area contributed by atoms with Crippen molar-refractivity contribution in [2.75, 3.05) is 13.1 Å². The van der Waals surface area contributed by atoms with Crippen molar-refractivity contribution in [2.24, 2.45) is 5.41 Å². The van der Waals surface area contributed by atoms with Crippen LogP contribution in [0.3, 0.4) is 0 Å². The SMILES string of the molecule is CCC1(CC)CCNCC1c1ccc(Br)cc1. The van der Waals surface area contributed by atoms with Gasteiger partial charge in [0, 0.05) is 16.9 Å². The average molecular weight is 296 g/mol. The molecular weight excluding hydrogens is 274 g/mol. The number of piperidine rings is 1. The molecule has 1 aliphatic heterocycles. The lowest BCUT2D eigenvalue weighted by Crippen LogP contribution is -2.43. The predicted octanol–water partition coefficient (Wildman–Crippen LogP) is 4.33. The molecule has 0 amide bonds. The van der Waals surface area contributed by atoms with E-state index >= 15 is 0 Å². The van der Waals surface area contributed by atoms with E-state index in [1.54, 1.807) is 0 Å². The second-order valence-corrected chi connectivity index (χ2v) is 6.04. The summed E-state index contributed by atoms with van der Waals surface area (Å²) in [6.07, 6.45) is 3.87. The zero-order valence-electron chi connectivity index (χ0n) is 10.8. The Morgan fingerprint density at radius 2 is 1.88 bits per heavy atom. The second kappa shape index (κ2) is 5.53. The van der Waals surface area contributed by atoms with Gasteiger partial charge in [0.25, 0.3) is 0 Å². The molecule has 0 aliphatic carbocycles. The number of rotatable bonds is 3. The van der Waals surface area contributed by atoms with Gasteiger partial charge in [-0.1, -0.05) is 41.9 Å². The van der Waals surface area contributed by atoms with Crippen LogP contribution in [0.4, 0.5) is 0 Å². The fourth-order valence-corrected chi connectivity index (χ4v) is 3.50. The molecule has 1 N–H and O–H groups in total. The Morgan fingerprint density at radius 1 is 1.24 bits per heavy atom. The first-order valence-corrected chi connectivity index (χ1v) is 7.47. The summed E-state index contributed by atoms with van der Waals surface area (Å²) < 4.78 is 1.17. The van der Waals surface area contributed by atoms with Crippen molar-refractivity contribution in [3.63, 3.8) is 0 Å². The van der Waals surface area contributed by atoms with Gasteiger partial charge < -0.3 is 5.32 Å². The van der Waals surface area contributed by atoms with E-state index in [9.17, 15) is 0 Å². The number of benzene rings is 1. The zero-order valence-corrected chi connectivity index (χ0v) is 12.4. The molecule has 1 heterocycles. The van der Waals surface area contributed by atoms with E-state index in [1.165, 1.54) is 35.8 Å². The van der Waals surface area contributed by atoms with Crippen molar-refractivity contribution in [2.45, 2.75) is 39.0 Å². The Balaban J connectivity index is 2.30. The highest BCUT2D eigenvalue weighted by Crippen LogP contribution is 2.46. The summed E-state index contributed by atoms with van der Waals surface area (Å²) in [4.78, 5) is 0. The van der Waals surface area contributed by atoms with Crippen LogP contribution in [-0.2, 0) is 0 Å². The van der Waals surface area contributed by atoms with Gasteiger partial charge >= 0.3 is 0 Å². The Labute approximate surface area is 113 Å². The minimum absolute atomic E-state index is 0.499. The summed E-state index contributed by atoms with van der Waals surface area (Å²) in [5, 5.41) is 3.56. The third-order valence-electron chi connectivity index (χ3n) is 4.57. The largest absolute Gasteiger partial charge is 0.316 e. The predicted molar refractivity (Wildman–Crippen MR) is 77.4 cm³/mol. The standard InChI is InChI=1S/C15H22BrN/c1-3-15(4-2)9-10-17-11-14(15)12-5-7-13(16)8-6-12/h5-8,14,17H,3-4,9-11H2,1-2H3. The van der Waals surface area contributed by atoms with Crippen molar-refractivity contribution in [3.05, 3.63) is 34.3 Å². The van der Waals surface area contributed by atoms with Crippen LogP contribution in [0.25, 0.3) is 0 Å². The summed E-state index contributed by atoms with van der Waals surface area (Å²) in [7, 11) is 0. The van der Waals surface area contributed by atoms with Gasteiger partial charge in [-0.2, -0.15) is 0 Å². The van der Waals surface area contributed by atoms with E-state index in [0.29, 0.717) is 11.3 Å². The highest BCUT2D eigenvalue weighted by molar-refractivity contribution is 9.10. The molecule has 0 spiro atoms. The van der Waals surface area contributed by atoms with Crippen LogP contribution in [-0.4, -0.2) is 13.1 Å². The van der Waals surface area contributed by atoms with E-state index in [4.69, 9.17) is 0 Å². The molecule has 1 atom stereocenters. The Bertz CT molecular complexity index is 354. The van der Waals surface area contributed by atoms with E-state index in [0.717, 1.165) is 6.54 Å². The van der Waals surface area contributed by atoms with E-state index in [1.807, 2.05) is 0 Å². The van der Waals surface area contributed by atoms with E-state index < -0.39 is 0 Å². The van der Waals surface area contributed by atoms with Gasteiger partial charge in [0.05, 0.1) is 0 Å². The van der Waals surface area contributed by atoms with Crippen molar-refractivity contribution in [1.82, 2.24) is 5.32 Å². The van der Waals surface area contributed by atoms with Crippen molar-refractivity contribution < 1.29 is 0 Å². The smallest absolute Gasteiger partial charge is 0.0175 e. The van der Waals surface area contributed by atoms with E-state index in [-0.39, 0.29) is 0 Å². The minimum Gasteiger partial charge on any atom is -0.316 e. The van der Waals surface area contributed by atoms with Gasteiger partial charge in [-0.05, 0) is 48.9 Å². The minimum atomic E-state index is 0.499. The molecule has 0 radical (unpaired) electrons. The number of halogens is 1. The summed E-state index contributed by atoms with van der Waals surface area (Å²) in [6.45, 7) is 7.00. The van der Waals surface area contributed by atoms with Gasteiger partial charge in [-0.3, -0.25) is 0 Å². The summed E-state index contributed by atoms with van der Waals surface area (Å²) >= 11 is 3.52. The van der Waals surface area contributed by atoms with Crippen LogP contribution in [0.2, 0.25) is 0 Å². The molecule has 2 heteroatoms. The molecule has 1 aromatic rings. The van der Waals surface area contributed by atoms with Crippen LogP contribution in [0.1, 0.15) is 44.6 Å². The molecule has 1 aromatic carbocycles. The maximum absolute atomic E-state index is 3.56. The van der Waals surface area contributed by atoms with Gasteiger partial charge in [-0.25, -0.2) is 0 Å². The Kier molecular flexibility index (Phi) is 4.26. The van der Waals surface area contributed by atoms with E-state index in [2.05, 4.69) is 59.4 Å². The molecule has 0 aromatic heterocycles. The van der Waals surface area contributed by atoms with Crippen LogP contribution in [0.5, 0.6) is 0 Å². The lowest BCUT2D eigenvalue weighted by molar-refractivity contribution is 0.148. The molecular formula is C15H22BrN. The summed E-state index contributed by atoms with van der Waals surface area (Å²) in [5.74, 6) is 0.666. The lowest BCUT2D eigenvalue weighted by atomic mass is 9.65. The number of hydrogen-bond acceptors (Lipinski definition) is 1. The number of hydrogen-bond donors (Lipinski definition) is 1. The molecule has 2 rings (SSSR count). The molecule has 1 aliphatic rings. The van der Waals surface area contributed by atoms with Crippen LogP contribution < -0.4 is 5.32 Å². The molecule has 1 nitrogen and oxygen atoms in total. The zero-order chi connectivity index (χ0) is 12.3. The van der Waals surface area contributed by atoms with Crippen LogP contribution in [0.15, 0.2) is 28.7 Å². The monoisotopic (exact) mass is 295 g/mol. The summed E-state index contributed by atoms with van der Waals surface area (Å²) in [6, 6.07) is 8.89. The highest BCUT2D eigenvalue weighted by Gasteiger charge is 2.38. The lowest BCUT2D eigenvalue weighted by Gasteiger charge is -2.44. The average Bonchev–Trinajstić information content (AvgIpc) is 2.39. The Morgan fingerprint density at radius 3 is 2.47 bits per heavy atom. The van der Waals surface area contributed by atoms with Gasteiger partial charge in [0.1, 0.15) is 0 Å². The molecule has 17 heavy (non-hydrogen) atoms. The fraction of sp³-hybridized carbons (Fsp3) is 0.600.